The highest BCUT2D eigenvalue weighted by Crippen LogP contribution is 2.36. The number of pyridine rings is 1. The fraction of sp³-hybridized carbons (Fsp3) is 0.167. The summed E-state index contributed by atoms with van der Waals surface area (Å²) in [6.07, 6.45) is 2.71. The van der Waals surface area contributed by atoms with Crippen LogP contribution in [0.1, 0.15) is 22.7 Å². The van der Waals surface area contributed by atoms with Gasteiger partial charge in [0.2, 0.25) is 0 Å². The molecule has 4 heteroatoms. The lowest BCUT2D eigenvalue weighted by molar-refractivity contribution is 0.400. The number of fused-ring (bicyclic) bond motifs is 2. The first kappa shape index (κ1) is 13.1. The van der Waals surface area contributed by atoms with Gasteiger partial charge in [-0.3, -0.25) is 4.98 Å². The van der Waals surface area contributed by atoms with Crippen LogP contribution in [0.5, 0.6) is 11.5 Å². The molecule has 1 aliphatic rings. The summed E-state index contributed by atoms with van der Waals surface area (Å²) in [5, 5.41) is 24.1. The van der Waals surface area contributed by atoms with Crippen molar-refractivity contribution in [2.45, 2.75) is 12.5 Å². The zero-order chi connectivity index (χ0) is 15.1. The van der Waals surface area contributed by atoms with Crippen molar-refractivity contribution in [2.24, 2.45) is 0 Å². The van der Waals surface area contributed by atoms with Crippen molar-refractivity contribution < 1.29 is 10.2 Å². The van der Waals surface area contributed by atoms with Crippen molar-refractivity contribution in [3.63, 3.8) is 0 Å². The van der Waals surface area contributed by atoms with Gasteiger partial charge in [0.15, 0.2) is 11.5 Å². The second-order valence-electron chi connectivity index (χ2n) is 5.64. The second-order valence-corrected chi connectivity index (χ2v) is 5.64. The lowest BCUT2D eigenvalue weighted by atomic mass is 9.89. The monoisotopic (exact) mass is 292 g/mol. The summed E-state index contributed by atoms with van der Waals surface area (Å²) < 4.78 is 0. The van der Waals surface area contributed by atoms with Gasteiger partial charge in [-0.2, -0.15) is 0 Å². The molecule has 4 rings (SSSR count). The molecule has 1 aliphatic heterocycles. The first-order valence-electron chi connectivity index (χ1n) is 7.35. The molecule has 0 spiro atoms. The summed E-state index contributed by atoms with van der Waals surface area (Å²) >= 11 is 0. The molecule has 3 N–H and O–H groups in total. The van der Waals surface area contributed by atoms with Crippen molar-refractivity contribution in [3.05, 3.63) is 65.4 Å². The highest BCUT2D eigenvalue weighted by Gasteiger charge is 2.23. The fourth-order valence-electron chi connectivity index (χ4n) is 3.13. The summed E-state index contributed by atoms with van der Waals surface area (Å²) in [6, 6.07) is 13.4. The Bertz CT molecular complexity index is 861. The first-order valence-corrected chi connectivity index (χ1v) is 7.35. The van der Waals surface area contributed by atoms with E-state index in [1.54, 1.807) is 12.1 Å². The molecular weight excluding hydrogens is 276 g/mol. The third-order valence-electron chi connectivity index (χ3n) is 4.24. The van der Waals surface area contributed by atoms with Gasteiger partial charge in [-0.15, -0.1) is 0 Å². The van der Waals surface area contributed by atoms with Crippen LogP contribution in [0.15, 0.2) is 48.7 Å². The van der Waals surface area contributed by atoms with Crippen molar-refractivity contribution in [1.29, 1.82) is 0 Å². The Labute approximate surface area is 128 Å². The number of aromatic hydroxyl groups is 2. The lowest BCUT2D eigenvalue weighted by Gasteiger charge is -2.27. The molecule has 0 fully saturated rings. The molecule has 1 aromatic heterocycles. The van der Waals surface area contributed by atoms with Crippen LogP contribution in [0.3, 0.4) is 0 Å². The maximum Gasteiger partial charge on any atom is 0.157 e. The van der Waals surface area contributed by atoms with Crippen LogP contribution < -0.4 is 5.32 Å². The number of benzene rings is 2. The largest absolute Gasteiger partial charge is 0.504 e. The Morgan fingerprint density at radius 3 is 2.77 bits per heavy atom. The number of nitrogens with one attached hydrogen (secondary N) is 1. The molecule has 4 nitrogen and oxygen atoms in total. The standard InChI is InChI=1S/C18H16N2O2/c21-16-8-11-5-6-19-18(14(11)9-17(16)22)13-7-12-3-1-2-4-15(12)20-10-13/h1-4,7-10,18-19,21-22H,5-6H2. The Hall–Kier alpha value is -2.59. The molecule has 0 bridgehead atoms. The summed E-state index contributed by atoms with van der Waals surface area (Å²) in [7, 11) is 0. The maximum absolute atomic E-state index is 9.82. The van der Waals surface area contributed by atoms with E-state index < -0.39 is 0 Å². The predicted octanol–water partition coefficient (Wildman–Crippen LogP) is 2.88. The second kappa shape index (κ2) is 5.00. The van der Waals surface area contributed by atoms with Crippen molar-refractivity contribution in [1.82, 2.24) is 10.3 Å². The highest BCUT2D eigenvalue weighted by molar-refractivity contribution is 5.79. The topological polar surface area (TPSA) is 65.4 Å². The molecule has 1 unspecified atom stereocenters. The van der Waals surface area contributed by atoms with Crippen LogP contribution in [0.2, 0.25) is 0 Å². The number of para-hydroxylation sites is 1. The first-order chi connectivity index (χ1) is 10.7. The maximum atomic E-state index is 9.82. The van der Waals surface area contributed by atoms with Crippen molar-refractivity contribution >= 4 is 10.9 Å². The lowest BCUT2D eigenvalue weighted by Crippen LogP contribution is -2.30. The van der Waals surface area contributed by atoms with Gasteiger partial charge in [-0.25, -0.2) is 0 Å². The van der Waals surface area contributed by atoms with Crippen LogP contribution in [0.25, 0.3) is 10.9 Å². The molecule has 2 aromatic carbocycles. The number of hydrogen-bond acceptors (Lipinski definition) is 4. The van der Waals surface area contributed by atoms with Gasteiger partial charge >= 0.3 is 0 Å². The summed E-state index contributed by atoms with van der Waals surface area (Å²) in [6.45, 7) is 0.828. The van der Waals surface area contributed by atoms with E-state index in [-0.39, 0.29) is 17.5 Å². The van der Waals surface area contributed by atoms with Crippen LogP contribution >= 0.6 is 0 Å². The average Bonchev–Trinajstić information content (AvgIpc) is 2.55. The smallest absolute Gasteiger partial charge is 0.157 e. The van der Waals surface area contributed by atoms with Gasteiger partial charge in [-0.05, 0) is 47.4 Å². The van der Waals surface area contributed by atoms with Crippen molar-refractivity contribution in [3.8, 4) is 11.5 Å². The number of phenols is 2. The Kier molecular flexibility index (Phi) is 2.98. The number of hydrogen-bond donors (Lipinski definition) is 3. The number of phenolic OH excluding ortho intramolecular Hbond substituents is 2. The van der Waals surface area contributed by atoms with E-state index in [1.807, 2.05) is 30.5 Å². The molecule has 3 aromatic rings. The van der Waals surface area contributed by atoms with Crippen molar-refractivity contribution in [2.75, 3.05) is 6.54 Å². The molecular formula is C18H16N2O2. The molecule has 110 valence electrons. The summed E-state index contributed by atoms with van der Waals surface area (Å²) in [5.74, 6) is -0.141. The molecule has 2 heterocycles. The zero-order valence-corrected chi connectivity index (χ0v) is 12.0. The van der Waals surface area contributed by atoms with E-state index in [9.17, 15) is 10.2 Å². The average molecular weight is 292 g/mol. The minimum absolute atomic E-state index is 0.0210. The van der Waals surface area contributed by atoms with Crippen LogP contribution in [0.4, 0.5) is 0 Å². The Morgan fingerprint density at radius 2 is 1.86 bits per heavy atom. The predicted molar refractivity (Wildman–Crippen MR) is 85.1 cm³/mol. The summed E-state index contributed by atoms with van der Waals surface area (Å²) in [5.41, 5.74) is 4.09. The van der Waals surface area contributed by atoms with Gasteiger partial charge in [0.25, 0.3) is 0 Å². The minimum Gasteiger partial charge on any atom is -0.504 e. The Morgan fingerprint density at radius 1 is 1.05 bits per heavy atom. The quantitative estimate of drug-likeness (QED) is 0.603. The molecule has 22 heavy (non-hydrogen) atoms. The summed E-state index contributed by atoms with van der Waals surface area (Å²) in [4.78, 5) is 4.52. The highest BCUT2D eigenvalue weighted by atomic mass is 16.3. The van der Waals surface area contributed by atoms with Crippen LogP contribution in [-0.2, 0) is 6.42 Å². The normalized spacial score (nSPS) is 17.4. The third-order valence-corrected chi connectivity index (χ3v) is 4.24. The van der Waals surface area contributed by atoms with Gasteiger partial charge in [0.05, 0.1) is 11.6 Å². The van der Waals surface area contributed by atoms with E-state index in [1.165, 1.54) is 0 Å². The van der Waals surface area contributed by atoms with E-state index in [0.717, 1.165) is 40.6 Å². The van der Waals surface area contributed by atoms with E-state index in [0.29, 0.717) is 0 Å². The number of nitrogens with zero attached hydrogens (tertiary/aromatic N) is 1. The van der Waals surface area contributed by atoms with Gasteiger partial charge in [0, 0.05) is 18.1 Å². The van der Waals surface area contributed by atoms with Crippen LogP contribution in [0, 0.1) is 0 Å². The third kappa shape index (κ3) is 2.09. The molecule has 0 saturated heterocycles. The number of aromatic nitrogens is 1. The zero-order valence-electron chi connectivity index (χ0n) is 12.0. The van der Waals surface area contributed by atoms with Gasteiger partial charge in [-0.1, -0.05) is 18.2 Å². The van der Waals surface area contributed by atoms with E-state index >= 15 is 0 Å². The SMILES string of the molecule is Oc1cc2c(cc1O)C(c1cnc3ccccc3c1)NCC2. The molecule has 1 atom stereocenters. The van der Waals surface area contributed by atoms with Crippen LogP contribution in [-0.4, -0.2) is 21.7 Å². The fourth-order valence-corrected chi connectivity index (χ4v) is 3.13. The van der Waals surface area contributed by atoms with E-state index in [4.69, 9.17) is 0 Å². The number of rotatable bonds is 1. The molecule has 0 aliphatic carbocycles. The molecule has 0 radical (unpaired) electrons. The van der Waals surface area contributed by atoms with E-state index in [2.05, 4.69) is 16.4 Å². The molecule has 0 saturated carbocycles. The minimum atomic E-state index is -0.0822. The Balaban J connectivity index is 1.84. The van der Waals surface area contributed by atoms with Gasteiger partial charge in [0.1, 0.15) is 0 Å². The van der Waals surface area contributed by atoms with Gasteiger partial charge < -0.3 is 15.5 Å². The molecule has 0 amide bonds.